The third-order valence-corrected chi connectivity index (χ3v) is 7.76. The number of nitrogens with one attached hydrogen (secondary N) is 2. The molecule has 2 aromatic heterocycles. The van der Waals surface area contributed by atoms with Crippen molar-refractivity contribution in [2.24, 2.45) is 4.99 Å². The first-order chi connectivity index (χ1) is 22.2. The van der Waals surface area contributed by atoms with Gasteiger partial charge in [-0.1, -0.05) is 42.5 Å². The van der Waals surface area contributed by atoms with Crippen molar-refractivity contribution in [3.63, 3.8) is 0 Å². The molecule has 1 aliphatic rings. The van der Waals surface area contributed by atoms with Crippen LogP contribution >= 0.6 is 0 Å². The monoisotopic (exact) mass is 622 g/mol. The van der Waals surface area contributed by atoms with Gasteiger partial charge < -0.3 is 20.3 Å². The van der Waals surface area contributed by atoms with Crippen molar-refractivity contribution in [3.05, 3.63) is 129 Å². The van der Waals surface area contributed by atoms with Crippen LogP contribution in [-0.4, -0.2) is 50.3 Å². The van der Waals surface area contributed by atoms with Crippen LogP contribution in [0.2, 0.25) is 0 Å². The van der Waals surface area contributed by atoms with Crippen LogP contribution in [0.25, 0.3) is 17.0 Å². The minimum atomic E-state index is -1.01. The van der Waals surface area contributed by atoms with Crippen LogP contribution < -0.4 is 10.9 Å². The highest BCUT2D eigenvalue weighted by atomic mass is 19.2. The van der Waals surface area contributed by atoms with E-state index >= 15 is 0 Å². The minimum Gasteiger partial charge on any atom is -0.494 e. The standard InChI is InChI=1S/C35H32F2N6O3/c1-42(2)18-22-9-12-29-24(13-22)16-39-33(40-29)32-25-10-7-21(15-30(25)41-34(32)45)5-3-4-6-31(44)26-17-38-20-43(35(26)46)19-23-8-11-27(36)28(37)14-23/h3,5,7-15,17,20,41,45H,4,6,16,18-19H2,1-2H3,(H,39,40)/b5-3+. The normalized spacial score (nSPS) is 12.8. The van der Waals surface area contributed by atoms with E-state index in [1.165, 1.54) is 28.7 Å². The highest BCUT2D eigenvalue weighted by Crippen LogP contribution is 2.32. The number of benzene rings is 3. The Morgan fingerprint density at radius 1 is 1.07 bits per heavy atom. The van der Waals surface area contributed by atoms with Crippen molar-refractivity contribution in [2.45, 2.75) is 32.5 Å². The third kappa shape index (κ3) is 6.50. The third-order valence-electron chi connectivity index (χ3n) is 7.76. The van der Waals surface area contributed by atoms with Crippen LogP contribution in [0.5, 0.6) is 5.88 Å². The average Bonchev–Trinajstić information content (AvgIpc) is 3.36. The molecule has 0 radical (unpaired) electrons. The lowest BCUT2D eigenvalue weighted by molar-refractivity contribution is 0.0981. The van der Waals surface area contributed by atoms with E-state index < -0.39 is 17.2 Å². The fraction of sp³-hybridized carbons (Fsp3) is 0.200. The second-order valence-electron chi connectivity index (χ2n) is 11.5. The van der Waals surface area contributed by atoms with E-state index in [0.29, 0.717) is 29.9 Å². The molecule has 3 N–H and O–H groups in total. The predicted octanol–water partition coefficient (Wildman–Crippen LogP) is 5.87. The lowest BCUT2D eigenvalue weighted by Crippen LogP contribution is -2.27. The summed E-state index contributed by atoms with van der Waals surface area (Å²) in [6.45, 7) is 1.30. The summed E-state index contributed by atoms with van der Waals surface area (Å²) in [7, 11) is 4.06. The smallest absolute Gasteiger partial charge is 0.264 e. The van der Waals surface area contributed by atoms with Crippen LogP contribution in [-0.2, 0) is 19.6 Å². The zero-order chi connectivity index (χ0) is 32.4. The van der Waals surface area contributed by atoms with E-state index in [4.69, 9.17) is 4.99 Å². The summed E-state index contributed by atoms with van der Waals surface area (Å²) in [4.78, 5) is 39.6. The van der Waals surface area contributed by atoms with E-state index in [9.17, 15) is 23.5 Å². The molecule has 1 aliphatic heterocycles. The number of halogens is 2. The van der Waals surface area contributed by atoms with Crippen LogP contribution in [0.4, 0.5) is 14.5 Å². The maximum Gasteiger partial charge on any atom is 0.264 e. The molecule has 0 aliphatic carbocycles. The summed E-state index contributed by atoms with van der Waals surface area (Å²) in [5.41, 5.74) is 5.24. The highest BCUT2D eigenvalue weighted by Gasteiger charge is 2.21. The van der Waals surface area contributed by atoms with Gasteiger partial charge in [0, 0.05) is 35.8 Å². The Labute approximate surface area is 263 Å². The van der Waals surface area contributed by atoms with Gasteiger partial charge in [-0.2, -0.15) is 0 Å². The van der Waals surface area contributed by atoms with Gasteiger partial charge in [0.05, 0.1) is 25.0 Å². The Morgan fingerprint density at radius 3 is 2.70 bits per heavy atom. The maximum atomic E-state index is 13.6. The molecule has 5 aromatic rings. The number of anilines is 1. The van der Waals surface area contributed by atoms with Gasteiger partial charge in [-0.15, -0.1) is 0 Å². The van der Waals surface area contributed by atoms with E-state index in [1.807, 2.05) is 50.5 Å². The quantitative estimate of drug-likeness (QED) is 0.168. The Morgan fingerprint density at radius 2 is 1.89 bits per heavy atom. The van der Waals surface area contributed by atoms with E-state index in [-0.39, 0.29) is 30.2 Å². The number of amidine groups is 1. The summed E-state index contributed by atoms with van der Waals surface area (Å²) < 4.78 is 28.0. The van der Waals surface area contributed by atoms with Gasteiger partial charge in [-0.25, -0.2) is 13.8 Å². The number of hydrogen-bond donors (Lipinski definition) is 3. The molecular formula is C35H32F2N6O3. The number of allylic oxidation sites excluding steroid dienone is 1. The van der Waals surface area contributed by atoms with Gasteiger partial charge in [0.15, 0.2) is 17.4 Å². The number of carbonyl (C=O) groups excluding carboxylic acids is 1. The maximum absolute atomic E-state index is 13.6. The molecule has 0 unspecified atom stereocenters. The molecule has 3 aromatic carbocycles. The number of Topliss-reactive ketones (excluding diaryl/α,β-unsaturated/α-hetero) is 1. The van der Waals surface area contributed by atoms with E-state index in [0.717, 1.165) is 46.4 Å². The molecule has 0 atom stereocenters. The lowest BCUT2D eigenvalue weighted by atomic mass is 10.0. The number of aromatic hydroxyl groups is 1. The Hall–Kier alpha value is -5.42. The number of fused-ring (bicyclic) bond motifs is 2. The number of H-pyrrole nitrogens is 1. The number of aliphatic imine (C=N–C) groups is 1. The summed E-state index contributed by atoms with van der Waals surface area (Å²) in [6.07, 6.45) is 6.66. The van der Waals surface area contributed by atoms with Crippen molar-refractivity contribution in [1.82, 2.24) is 19.4 Å². The van der Waals surface area contributed by atoms with Crippen LogP contribution in [0.1, 0.15) is 51.0 Å². The Kier molecular flexibility index (Phi) is 8.58. The summed E-state index contributed by atoms with van der Waals surface area (Å²) in [6, 6.07) is 15.4. The molecule has 0 saturated heterocycles. The van der Waals surface area contributed by atoms with Crippen LogP contribution in [0, 0.1) is 11.6 Å². The first-order valence-electron chi connectivity index (χ1n) is 14.8. The zero-order valence-electron chi connectivity index (χ0n) is 25.3. The van der Waals surface area contributed by atoms with Crippen LogP contribution in [0.15, 0.2) is 83.0 Å². The van der Waals surface area contributed by atoms with Gasteiger partial charge in [-0.05, 0) is 67.0 Å². The number of aromatic amines is 1. The molecule has 11 heteroatoms. The number of nitrogens with zero attached hydrogens (tertiary/aromatic N) is 4. The fourth-order valence-electron chi connectivity index (χ4n) is 5.54. The van der Waals surface area contributed by atoms with Crippen LogP contribution in [0.3, 0.4) is 0 Å². The van der Waals surface area contributed by atoms with Crippen molar-refractivity contribution in [1.29, 1.82) is 0 Å². The SMILES string of the molecule is CN(C)Cc1ccc2c(c1)CN=C(c1c(O)[nH]c3cc(/C=C/CCC(=O)c4cncn(Cc5ccc(F)c(F)c5)c4=O)ccc13)N2. The highest BCUT2D eigenvalue weighted by molar-refractivity contribution is 6.18. The van der Waals surface area contributed by atoms with Crippen molar-refractivity contribution < 1.29 is 18.7 Å². The molecule has 6 rings (SSSR count). The van der Waals surface area contributed by atoms with Crippen molar-refractivity contribution >= 4 is 34.3 Å². The van der Waals surface area contributed by atoms with Gasteiger partial charge >= 0.3 is 0 Å². The number of aromatic nitrogens is 3. The summed E-state index contributed by atoms with van der Waals surface area (Å²) in [5, 5.41) is 15.0. The number of rotatable bonds is 10. The number of hydrogen-bond acceptors (Lipinski definition) is 7. The zero-order valence-corrected chi connectivity index (χ0v) is 25.3. The largest absolute Gasteiger partial charge is 0.494 e. The Balaban J connectivity index is 1.10. The number of ketones is 1. The van der Waals surface area contributed by atoms with E-state index in [1.54, 1.807) is 0 Å². The Bertz CT molecular complexity index is 2080. The lowest BCUT2D eigenvalue weighted by Gasteiger charge is -2.20. The van der Waals surface area contributed by atoms with Crippen molar-refractivity contribution in [2.75, 3.05) is 19.4 Å². The van der Waals surface area contributed by atoms with Gasteiger partial charge in [0.2, 0.25) is 5.88 Å². The molecule has 0 saturated carbocycles. The molecule has 0 spiro atoms. The summed E-state index contributed by atoms with van der Waals surface area (Å²) >= 11 is 0. The second-order valence-corrected chi connectivity index (χ2v) is 11.5. The minimum absolute atomic E-state index is 0.0207. The molecule has 234 valence electrons. The first-order valence-corrected chi connectivity index (χ1v) is 14.8. The van der Waals surface area contributed by atoms with Gasteiger partial charge in [0.25, 0.3) is 5.56 Å². The first kappa shape index (κ1) is 30.6. The molecule has 0 fully saturated rings. The second kappa shape index (κ2) is 12.9. The topological polar surface area (TPSA) is 116 Å². The van der Waals surface area contributed by atoms with Crippen molar-refractivity contribution in [3.8, 4) is 5.88 Å². The molecule has 0 amide bonds. The molecular weight excluding hydrogens is 590 g/mol. The van der Waals surface area contributed by atoms with Gasteiger partial charge in [0.1, 0.15) is 11.4 Å². The average molecular weight is 623 g/mol. The van der Waals surface area contributed by atoms with E-state index in [2.05, 4.69) is 32.3 Å². The molecule has 0 bridgehead atoms. The molecule has 46 heavy (non-hydrogen) atoms. The predicted molar refractivity (Wildman–Crippen MR) is 174 cm³/mol. The van der Waals surface area contributed by atoms with Gasteiger partial charge in [-0.3, -0.25) is 19.1 Å². The molecule has 9 nitrogen and oxygen atoms in total. The summed E-state index contributed by atoms with van der Waals surface area (Å²) in [5.74, 6) is -1.74. The molecule has 3 heterocycles. The fourth-order valence-corrected chi connectivity index (χ4v) is 5.54. The number of carbonyl (C=O) groups is 1.